The highest BCUT2D eigenvalue weighted by Gasteiger charge is 2.13. The van der Waals surface area contributed by atoms with Gasteiger partial charge in [-0.05, 0) is 76.3 Å². The van der Waals surface area contributed by atoms with Crippen molar-refractivity contribution in [2.45, 2.75) is 33.4 Å². The van der Waals surface area contributed by atoms with Crippen LogP contribution in [0.4, 0.5) is 10.1 Å². The summed E-state index contributed by atoms with van der Waals surface area (Å²) in [6, 6.07) is 18.7. The van der Waals surface area contributed by atoms with Crippen LogP contribution in [0, 0.1) is 5.82 Å². The summed E-state index contributed by atoms with van der Waals surface area (Å²) in [6.07, 6.45) is 0.976. The van der Waals surface area contributed by atoms with Crippen LogP contribution in [-0.4, -0.2) is 6.61 Å². The van der Waals surface area contributed by atoms with E-state index in [-0.39, 0.29) is 12.4 Å². The zero-order valence-corrected chi connectivity index (χ0v) is 18.3. The molecule has 0 radical (unpaired) electrons. The molecule has 152 valence electrons. The predicted octanol–water partition coefficient (Wildman–Crippen LogP) is 6.74. The van der Waals surface area contributed by atoms with Crippen molar-refractivity contribution >= 4 is 21.6 Å². The molecular weight excluding hydrogens is 433 g/mol. The Hall–Kier alpha value is -2.53. The minimum absolute atomic E-state index is 0.262. The number of nitrogens with one attached hydrogen (secondary N) is 1. The molecule has 0 heterocycles. The molecule has 0 aliphatic carbocycles. The highest BCUT2D eigenvalue weighted by molar-refractivity contribution is 9.10. The Morgan fingerprint density at radius 2 is 1.76 bits per heavy atom. The lowest BCUT2D eigenvalue weighted by Gasteiger charge is -2.17. The minimum Gasteiger partial charge on any atom is -0.490 e. The molecule has 1 N–H and O–H groups in total. The van der Waals surface area contributed by atoms with Gasteiger partial charge in [-0.15, -0.1) is 0 Å². The third-order valence-electron chi connectivity index (χ3n) is 4.52. The van der Waals surface area contributed by atoms with E-state index in [2.05, 4.69) is 46.4 Å². The predicted molar refractivity (Wildman–Crippen MR) is 119 cm³/mol. The van der Waals surface area contributed by atoms with Crippen molar-refractivity contribution < 1.29 is 13.9 Å². The first-order valence-corrected chi connectivity index (χ1v) is 10.5. The van der Waals surface area contributed by atoms with Crippen LogP contribution >= 0.6 is 15.9 Å². The Balaban J connectivity index is 1.76. The highest BCUT2D eigenvalue weighted by atomic mass is 79.9. The smallest absolute Gasteiger partial charge is 0.175 e. The lowest BCUT2D eigenvalue weighted by atomic mass is 10.1. The summed E-state index contributed by atoms with van der Waals surface area (Å²) in [5.74, 6) is 1.01. The monoisotopic (exact) mass is 457 g/mol. The first-order valence-electron chi connectivity index (χ1n) is 9.75. The molecule has 0 aliphatic heterocycles. The molecule has 0 aromatic heterocycles. The molecule has 29 heavy (non-hydrogen) atoms. The topological polar surface area (TPSA) is 30.5 Å². The van der Waals surface area contributed by atoms with Crippen LogP contribution in [0.3, 0.4) is 0 Å². The number of para-hydroxylation sites is 1. The molecule has 0 bridgehead atoms. The van der Waals surface area contributed by atoms with Gasteiger partial charge in [0.1, 0.15) is 12.4 Å². The van der Waals surface area contributed by atoms with E-state index in [1.54, 1.807) is 6.07 Å². The normalized spacial score (nSPS) is 10.6. The molecular formula is C24H25BrFNO2. The van der Waals surface area contributed by atoms with E-state index in [1.807, 2.05) is 31.2 Å². The summed E-state index contributed by atoms with van der Waals surface area (Å²) in [6.45, 7) is 5.54. The summed E-state index contributed by atoms with van der Waals surface area (Å²) < 4.78 is 26.0. The Bertz CT molecular complexity index is 961. The Kier molecular flexibility index (Phi) is 7.53. The van der Waals surface area contributed by atoms with Crippen LogP contribution in [-0.2, 0) is 19.6 Å². The fourth-order valence-electron chi connectivity index (χ4n) is 3.11. The van der Waals surface area contributed by atoms with Crippen molar-refractivity contribution in [2.24, 2.45) is 0 Å². The maximum atomic E-state index is 13.4. The van der Waals surface area contributed by atoms with Gasteiger partial charge in [-0.2, -0.15) is 0 Å². The summed E-state index contributed by atoms with van der Waals surface area (Å²) in [5, 5.41) is 3.50. The van der Waals surface area contributed by atoms with Crippen LogP contribution in [0.2, 0.25) is 0 Å². The van der Waals surface area contributed by atoms with Gasteiger partial charge in [0.25, 0.3) is 0 Å². The maximum Gasteiger partial charge on any atom is 0.175 e. The molecule has 3 aromatic rings. The quantitative estimate of drug-likeness (QED) is 0.385. The molecule has 0 atom stereocenters. The number of anilines is 1. The molecule has 0 unspecified atom stereocenters. The van der Waals surface area contributed by atoms with E-state index in [0.717, 1.165) is 27.7 Å². The van der Waals surface area contributed by atoms with Crippen molar-refractivity contribution in [3.63, 3.8) is 0 Å². The average Bonchev–Trinajstić information content (AvgIpc) is 2.72. The van der Waals surface area contributed by atoms with E-state index in [0.29, 0.717) is 24.7 Å². The van der Waals surface area contributed by atoms with E-state index in [9.17, 15) is 4.39 Å². The van der Waals surface area contributed by atoms with Crippen LogP contribution in [0.1, 0.15) is 30.5 Å². The number of ether oxygens (including phenoxy) is 2. The Labute approximate surface area is 180 Å². The minimum atomic E-state index is -0.274. The molecule has 0 fully saturated rings. The molecule has 3 rings (SSSR count). The molecule has 0 spiro atoms. The van der Waals surface area contributed by atoms with Crippen molar-refractivity contribution in [3.8, 4) is 11.5 Å². The number of halogens is 2. The number of rotatable bonds is 9. The van der Waals surface area contributed by atoms with Crippen LogP contribution in [0.5, 0.6) is 11.5 Å². The third-order valence-corrected chi connectivity index (χ3v) is 5.11. The molecule has 3 nitrogen and oxygen atoms in total. The van der Waals surface area contributed by atoms with Crippen molar-refractivity contribution in [2.75, 3.05) is 11.9 Å². The molecule has 3 aromatic carbocycles. The van der Waals surface area contributed by atoms with E-state index < -0.39 is 0 Å². The van der Waals surface area contributed by atoms with Gasteiger partial charge in [-0.3, -0.25) is 0 Å². The van der Waals surface area contributed by atoms with Gasteiger partial charge in [-0.25, -0.2) is 4.39 Å². The molecule has 0 saturated heterocycles. The Morgan fingerprint density at radius 3 is 2.52 bits per heavy atom. The second-order valence-electron chi connectivity index (χ2n) is 6.62. The second kappa shape index (κ2) is 10.3. The fraction of sp³-hybridized carbons (Fsp3) is 0.250. The van der Waals surface area contributed by atoms with Gasteiger partial charge in [0, 0.05) is 12.2 Å². The van der Waals surface area contributed by atoms with E-state index in [4.69, 9.17) is 9.47 Å². The summed E-state index contributed by atoms with van der Waals surface area (Å²) in [7, 11) is 0. The van der Waals surface area contributed by atoms with Gasteiger partial charge in [0.2, 0.25) is 0 Å². The summed E-state index contributed by atoms with van der Waals surface area (Å²) in [4.78, 5) is 0. The van der Waals surface area contributed by atoms with Gasteiger partial charge in [0.15, 0.2) is 11.5 Å². The lowest BCUT2D eigenvalue weighted by molar-refractivity contribution is 0.267. The highest BCUT2D eigenvalue weighted by Crippen LogP contribution is 2.37. The summed E-state index contributed by atoms with van der Waals surface area (Å²) in [5.41, 5.74) is 4.26. The molecule has 0 amide bonds. The van der Waals surface area contributed by atoms with Crippen LogP contribution < -0.4 is 14.8 Å². The number of hydrogen-bond donors (Lipinski definition) is 1. The van der Waals surface area contributed by atoms with E-state index in [1.165, 1.54) is 17.7 Å². The first kappa shape index (κ1) is 21.2. The zero-order chi connectivity index (χ0) is 20.6. The lowest BCUT2D eigenvalue weighted by Crippen LogP contribution is -2.05. The number of hydrogen-bond acceptors (Lipinski definition) is 3. The number of aryl methyl sites for hydroxylation is 1. The molecule has 5 heteroatoms. The second-order valence-corrected chi connectivity index (χ2v) is 7.48. The third kappa shape index (κ3) is 5.73. The van der Waals surface area contributed by atoms with Crippen molar-refractivity contribution in [1.82, 2.24) is 0 Å². The SMILES string of the molecule is CCOc1cc(CNc2ccccc2CC)cc(Br)c1OCc1cccc(F)c1. The largest absolute Gasteiger partial charge is 0.490 e. The Morgan fingerprint density at radius 1 is 0.931 bits per heavy atom. The van der Waals surface area contributed by atoms with Crippen molar-refractivity contribution in [3.05, 3.63) is 87.6 Å². The van der Waals surface area contributed by atoms with E-state index >= 15 is 0 Å². The molecule has 0 aliphatic rings. The fourth-order valence-corrected chi connectivity index (χ4v) is 3.71. The van der Waals surface area contributed by atoms with Gasteiger partial charge in [0.05, 0.1) is 11.1 Å². The van der Waals surface area contributed by atoms with Crippen LogP contribution in [0.25, 0.3) is 0 Å². The zero-order valence-electron chi connectivity index (χ0n) is 16.7. The van der Waals surface area contributed by atoms with Gasteiger partial charge >= 0.3 is 0 Å². The van der Waals surface area contributed by atoms with Crippen LogP contribution in [0.15, 0.2) is 65.1 Å². The average molecular weight is 458 g/mol. The first-order chi connectivity index (χ1) is 14.1. The van der Waals surface area contributed by atoms with Gasteiger partial charge < -0.3 is 14.8 Å². The summed E-state index contributed by atoms with van der Waals surface area (Å²) >= 11 is 3.60. The standard InChI is InChI=1S/C24H25BrFNO2/c1-3-19-9-5-6-11-22(19)27-15-18-13-21(25)24(23(14-18)28-4-2)29-16-17-8-7-10-20(26)12-17/h5-14,27H,3-4,15-16H2,1-2H3. The molecule has 0 saturated carbocycles. The number of benzene rings is 3. The van der Waals surface area contributed by atoms with Gasteiger partial charge in [-0.1, -0.05) is 37.3 Å². The van der Waals surface area contributed by atoms with Crippen molar-refractivity contribution in [1.29, 1.82) is 0 Å². The maximum absolute atomic E-state index is 13.4.